The molecule has 0 amide bonds. The molecule has 0 atom stereocenters. The number of benzene rings is 1. The Bertz CT molecular complexity index is 571. The lowest BCUT2D eigenvalue weighted by molar-refractivity contribution is 0.0697. The molecule has 0 bridgehead atoms. The third-order valence-electron chi connectivity index (χ3n) is 2.72. The van der Waals surface area contributed by atoms with Gasteiger partial charge in [-0.3, -0.25) is 4.98 Å². The molecule has 1 aromatic carbocycles. The Labute approximate surface area is 106 Å². The number of carbonyl (C=O) groups is 1. The van der Waals surface area contributed by atoms with Gasteiger partial charge < -0.3 is 5.11 Å². The molecule has 3 heteroatoms. The van der Waals surface area contributed by atoms with Crippen LogP contribution in [0.25, 0.3) is 0 Å². The van der Waals surface area contributed by atoms with Crippen LogP contribution in [0.1, 0.15) is 32.9 Å². The molecule has 92 valence electrons. The summed E-state index contributed by atoms with van der Waals surface area (Å²) >= 11 is 0. The molecule has 1 aromatic heterocycles. The number of hydrogen-bond acceptors (Lipinski definition) is 2. The number of carboxylic acids is 1. The lowest BCUT2D eigenvalue weighted by Crippen LogP contribution is -1.98. The van der Waals surface area contributed by atoms with Crippen molar-refractivity contribution in [2.24, 2.45) is 0 Å². The first-order valence-electron chi connectivity index (χ1n) is 5.81. The Kier molecular flexibility index (Phi) is 3.42. The summed E-state index contributed by atoms with van der Waals surface area (Å²) in [6.07, 6.45) is 0.727. The predicted molar refractivity (Wildman–Crippen MR) is 69.9 cm³/mol. The van der Waals surface area contributed by atoms with Crippen LogP contribution in [0.3, 0.4) is 0 Å². The lowest BCUT2D eigenvalue weighted by Gasteiger charge is -2.05. The van der Waals surface area contributed by atoms with E-state index in [9.17, 15) is 4.79 Å². The van der Waals surface area contributed by atoms with Crippen LogP contribution in [-0.2, 0) is 6.42 Å². The van der Waals surface area contributed by atoms with Crippen molar-refractivity contribution in [3.63, 3.8) is 0 Å². The van der Waals surface area contributed by atoms with E-state index < -0.39 is 5.97 Å². The van der Waals surface area contributed by atoms with Crippen molar-refractivity contribution in [3.8, 4) is 0 Å². The van der Waals surface area contributed by atoms with Crippen molar-refractivity contribution in [2.45, 2.75) is 20.3 Å². The van der Waals surface area contributed by atoms with Crippen LogP contribution in [0.15, 0.2) is 36.4 Å². The molecule has 0 aliphatic heterocycles. The molecule has 0 aliphatic carbocycles. The quantitative estimate of drug-likeness (QED) is 0.898. The Morgan fingerprint density at radius 1 is 1.11 bits per heavy atom. The molecule has 1 heterocycles. The van der Waals surface area contributed by atoms with Gasteiger partial charge in [0.2, 0.25) is 0 Å². The molecule has 3 nitrogen and oxygen atoms in total. The molecular weight excluding hydrogens is 226 g/mol. The van der Waals surface area contributed by atoms with E-state index >= 15 is 0 Å². The normalized spacial score (nSPS) is 10.3. The van der Waals surface area contributed by atoms with Gasteiger partial charge in [-0.1, -0.05) is 12.1 Å². The van der Waals surface area contributed by atoms with E-state index in [0.29, 0.717) is 5.56 Å². The van der Waals surface area contributed by atoms with Gasteiger partial charge in [0.15, 0.2) is 0 Å². The lowest BCUT2D eigenvalue weighted by atomic mass is 10.0. The highest BCUT2D eigenvalue weighted by molar-refractivity contribution is 5.87. The Morgan fingerprint density at radius 3 is 2.39 bits per heavy atom. The van der Waals surface area contributed by atoms with E-state index in [1.165, 1.54) is 0 Å². The van der Waals surface area contributed by atoms with Gasteiger partial charge in [0.1, 0.15) is 0 Å². The Balaban J connectivity index is 2.28. The fourth-order valence-electron chi connectivity index (χ4n) is 2.07. The SMILES string of the molecule is Cc1cc(Cc2cccc(C(=O)O)c2)cc(C)n1. The summed E-state index contributed by atoms with van der Waals surface area (Å²) in [6, 6.07) is 11.1. The maximum atomic E-state index is 10.9. The number of hydrogen-bond donors (Lipinski definition) is 1. The van der Waals surface area contributed by atoms with Crippen LogP contribution in [0, 0.1) is 13.8 Å². The molecule has 2 aromatic rings. The van der Waals surface area contributed by atoms with Crippen molar-refractivity contribution >= 4 is 5.97 Å². The maximum Gasteiger partial charge on any atom is 0.335 e. The molecule has 2 rings (SSSR count). The van der Waals surface area contributed by atoms with Crippen LogP contribution < -0.4 is 0 Å². The van der Waals surface area contributed by atoms with Gasteiger partial charge >= 0.3 is 5.97 Å². The van der Waals surface area contributed by atoms with Crippen molar-refractivity contribution in [1.29, 1.82) is 0 Å². The fraction of sp³-hybridized carbons (Fsp3) is 0.200. The summed E-state index contributed by atoms with van der Waals surface area (Å²) in [7, 11) is 0. The third kappa shape index (κ3) is 2.94. The number of pyridine rings is 1. The Morgan fingerprint density at radius 2 is 1.78 bits per heavy atom. The van der Waals surface area contributed by atoms with E-state index in [4.69, 9.17) is 5.11 Å². The molecule has 0 fully saturated rings. The first-order valence-corrected chi connectivity index (χ1v) is 5.81. The molecule has 0 saturated heterocycles. The smallest absolute Gasteiger partial charge is 0.335 e. The fourth-order valence-corrected chi connectivity index (χ4v) is 2.07. The second-order valence-corrected chi connectivity index (χ2v) is 4.44. The summed E-state index contributed by atoms with van der Waals surface area (Å²) in [5, 5.41) is 8.95. The zero-order chi connectivity index (χ0) is 13.1. The predicted octanol–water partition coefficient (Wildman–Crippen LogP) is 2.99. The molecular formula is C15H15NO2. The zero-order valence-corrected chi connectivity index (χ0v) is 10.5. The van der Waals surface area contributed by atoms with Gasteiger partial charge in [-0.2, -0.15) is 0 Å². The first kappa shape index (κ1) is 12.3. The molecule has 0 aliphatic rings. The summed E-state index contributed by atoms with van der Waals surface area (Å²) in [5.74, 6) is -0.890. The molecule has 0 radical (unpaired) electrons. The topological polar surface area (TPSA) is 50.2 Å². The second kappa shape index (κ2) is 5.00. The van der Waals surface area contributed by atoms with Crippen molar-refractivity contribution in [2.75, 3.05) is 0 Å². The largest absolute Gasteiger partial charge is 0.478 e. The van der Waals surface area contributed by atoms with E-state index in [1.54, 1.807) is 18.2 Å². The summed E-state index contributed by atoms with van der Waals surface area (Å²) in [4.78, 5) is 15.2. The minimum absolute atomic E-state index is 0.329. The monoisotopic (exact) mass is 241 g/mol. The van der Waals surface area contributed by atoms with Crippen molar-refractivity contribution in [3.05, 3.63) is 64.5 Å². The molecule has 0 unspecified atom stereocenters. The zero-order valence-electron chi connectivity index (χ0n) is 10.5. The van der Waals surface area contributed by atoms with Gasteiger partial charge in [-0.05, 0) is 55.7 Å². The molecule has 0 saturated carbocycles. The van der Waals surface area contributed by atoms with E-state index in [1.807, 2.05) is 32.0 Å². The first-order chi connectivity index (χ1) is 8.54. The van der Waals surface area contributed by atoms with Crippen LogP contribution in [-0.4, -0.2) is 16.1 Å². The average molecular weight is 241 g/mol. The van der Waals surface area contributed by atoms with Crippen LogP contribution >= 0.6 is 0 Å². The van der Waals surface area contributed by atoms with Crippen molar-refractivity contribution in [1.82, 2.24) is 4.98 Å². The van der Waals surface area contributed by atoms with E-state index in [-0.39, 0.29) is 0 Å². The number of aromatic carboxylic acids is 1. The number of aryl methyl sites for hydroxylation is 2. The Hall–Kier alpha value is -2.16. The van der Waals surface area contributed by atoms with Gasteiger partial charge in [0.05, 0.1) is 5.56 Å². The minimum Gasteiger partial charge on any atom is -0.478 e. The number of nitrogens with zero attached hydrogens (tertiary/aromatic N) is 1. The highest BCUT2D eigenvalue weighted by atomic mass is 16.4. The minimum atomic E-state index is -0.890. The highest BCUT2D eigenvalue weighted by Gasteiger charge is 2.04. The van der Waals surface area contributed by atoms with E-state index in [2.05, 4.69) is 4.98 Å². The van der Waals surface area contributed by atoms with Crippen LogP contribution in [0.2, 0.25) is 0 Å². The summed E-state index contributed by atoms with van der Waals surface area (Å²) in [5.41, 5.74) is 4.45. The van der Waals surface area contributed by atoms with Crippen LogP contribution in [0.4, 0.5) is 0 Å². The van der Waals surface area contributed by atoms with Gasteiger partial charge in [-0.15, -0.1) is 0 Å². The number of rotatable bonds is 3. The van der Waals surface area contributed by atoms with E-state index in [0.717, 1.165) is 28.9 Å². The van der Waals surface area contributed by atoms with Gasteiger partial charge in [-0.25, -0.2) is 4.79 Å². The molecule has 18 heavy (non-hydrogen) atoms. The van der Waals surface area contributed by atoms with Gasteiger partial charge in [0, 0.05) is 11.4 Å². The second-order valence-electron chi connectivity index (χ2n) is 4.44. The highest BCUT2D eigenvalue weighted by Crippen LogP contribution is 2.13. The van der Waals surface area contributed by atoms with Crippen LogP contribution in [0.5, 0.6) is 0 Å². The standard InChI is InChI=1S/C15H15NO2/c1-10-6-13(7-11(2)16-10)8-12-4-3-5-14(9-12)15(17)18/h3-7,9H,8H2,1-2H3,(H,17,18). The molecule has 0 spiro atoms. The molecule has 1 N–H and O–H groups in total. The summed E-state index contributed by atoms with van der Waals surface area (Å²) < 4.78 is 0. The number of carboxylic acid groups (broad SMARTS) is 1. The van der Waals surface area contributed by atoms with Gasteiger partial charge in [0.25, 0.3) is 0 Å². The summed E-state index contributed by atoms with van der Waals surface area (Å²) in [6.45, 7) is 3.92. The third-order valence-corrected chi connectivity index (χ3v) is 2.72. The maximum absolute atomic E-state index is 10.9. The average Bonchev–Trinajstić information content (AvgIpc) is 2.27. The number of aromatic nitrogens is 1. The van der Waals surface area contributed by atoms with Crippen molar-refractivity contribution < 1.29 is 9.90 Å².